The number of benzene rings is 1. The molecule has 0 amide bonds. The van der Waals surface area contributed by atoms with Gasteiger partial charge < -0.3 is 0 Å². The van der Waals surface area contributed by atoms with Gasteiger partial charge in [0.15, 0.2) is 0 Å². The van der Waals surface area contributed by atoms with E-state index in [4.69, 9.17) is 5.84 Å². The molecular formula is C15H21BrN4. The van der Waals surface area contributed by atoms with Gasteiger partial charge in [0.05, 0.1) is 11.7 Å². The van der Waals surface area contributed by atoms with Crippen LogP contribution in [0.5, 0.6) is 0 Å². The molecule has 1 atom stereocenters. The topological polar surface area (TPSA) is 55.9 Å². The van der Waals surface area contributed by atoms with Crippen LogP contribution in [0.4, 0.5) is 0 Å². The van der Waals surface area contributed by atoms with Crippen LogP contribution < -0.4 is 11.3 Å². The lowest BCUT2D eigenvalue weighted by Gasteiger charge is -2.18. The molecule has 0 spiro atoms. The van der Waals surface area contributed by atoms with Gasteiger partial charge in [-0.2, -0.15) is 5.10 Å². The molecule has 0 saturated heterocycles. The molecule has 108 valence electrons. The number of nitrogens with zero attached hydrogens (tertiary/aromatic N) is 2. The molecule has 0 bridgehead atoms. The maximum absolute atomic E-state index is 5.75. The van der Waals surface area contributed by atoms with Gasteiger partial charge >= 0.3 is 0 Å². The number of rotatable bonds is 6. The average Bonchev–Trinajstić information content (AvgIpc) is 2.88. The molecule has 0 aliphatic carbocycles. The highest BCUT2D eigenvalue weighted by Crippen LogP contribution is 2.25. The molecule has 20 heavy (non-hydrogen) atoms. The second kappa shape index (κ2) is 7.02. The standard InChI is InChI=1S/C15H21BrN4/c1-3-11-9-12(20(4-2)19-11)10-15(18-17)13-7-5-6-8-14(13)16/h5-9,15,18H,3-4,10,17H2,1-2H3. The van der Waals surface area contributed by atoms with Gasteiger partial charge in [-0.25, -0.2) is 0 Å². The molecule has 1 unspecified atom stereocenters. The molecule has 2 aromatic rings. The Morgan fingerprint density at radius 3 is 2.70 bits per heavy atom. The van der Waals surface area contributed by atoms with Crippen molar-refractivity contribution in [3.63, 3.8) is 0 Å². The molecule has 5 heteroatoms. The van der Waals surface area contributed by atoms with Gasteiger partial charge in [0.1, 0.15) is 0 Å². The first-order valence-corrected chi connectivity index (χ1v) is 7.75. The number of hydrogen-bond acceptors (Lipinski definition) is 3. The fourth-order valence-corrected chi connectivity index (χ4v) is 2.91. The van der Waals surface area contributed by atoms with E-state index in [0.717, 1.165) is 35.1 Å². The molecular weight excluding hydrogens is 316 g/mol. The van der Waals surface area contributed by atoms with Crippen molar-refractivity contribution in [2.75, 3.05) is 0 Å². The third-order valence-electron chi connectivity index (χ3n) is 3.47. The van der Waals surface area contributed by atoms with Crippen molar-refractivity contribution in [1.29, 1.82) is 0 Å². The molecule has 3 N–H and O–H groups in total. The van der Waals surface area contributed by atoms with Crippen LogP contribution >= 0.6 is 15.9 Å². The summed E-state index contributed by atoms with van der Waals surface area (Å²) in [4.78, 5) is 0. The molecule has 0 aliphatic rings. The Morgan fingerprint density at radius 1 is 1.35 bits per heavy atom. The smallest absolute Gasteiger partial charge is 0.0624 e. The first-order valence-electron chi connectivity index (χ1n) is 6.95. The van der Waals surface area contributed by atoms with Crippen LogP contribution in [0.1, 0.15) is 36.8 Å². The minimum Gasteiger partial charge on any atom is -0.271 e. The Hall–Kier alpha value is -1.17. The van der Waals surface area contributed by atoms with Crippen molar-refractivity contribution in [1.82, 2.24) is 15.2 Å². The van der Waals surface area contributed by atoms with E-state index in [2.05, 4.69) is 57.1 Å². The zero-order valence-electron chi connectivity index (χ0n) is 11.9. The Morgan fingerprint density at radius 2 is 2.10 bits per heavy atom. The Kier molecular flexibility index (Phi) is 5.34. The van der Waals surface area contributed by atoms with Crippen LogP contribution in [-0.2, 0) is 19.4 Å². The monoisotopic (exact) mass is 336 g/mol. The highest BCUT2D eigenvalue weighted by Gasteiger charge is 2.16. The van der Waals surface area contributed by atoms with Crippen LogP contribution in [0, 0.1) is 0 Å². The van der Waals surface area contributed by atoms with Gasteiger partial charge in [-0.05, 0) is 31.0 Å². The van der Waals surface area contributed by atoms with Gasteiger partial charge in [0.2, 0.25) is 0 Å². The maximum atomic E-state index is 5.75. The van der Waals surface area contributed by atoms with Gasteiger partial charge in [-0.15, -0.1) is 0 Å². The van der Waals surface area contributed by atoms with Gasteiger partial charge in [0, 0.05) is 23.1 Å². The minimum absolute atomic E-state index is 0.0669. The first kappa shape index (κ1) is 15.2. The lowest BCUT2D eigenvalue weighted by molar-refractivity contribution is 0.515. The molecule has 1 aromatic heterocycles. The number of nitrogens with one attached hydrogen (secondary N) is 1. The van der Waals surface area contributed by atoms with Crippen LogP contribution in [-0.4, -0.2) is 9.78 Å². The fraction of sp³-hybridized carbons (Fsp3) is 0.400. The Bertz CT molecular complexity index is 565. The van der Waals surface area contributed by atoms with E-state index in [-0.39, 0.29) is 6.04 Å². The van der Waals surface area contributed by atoms with Crippen LogP contribution in [0.3, 0.4) is 0 Å². The van der Waals surface area contributed by atoms with Crippen molar-refractivity contribution >= 4 is 15.9 Å². The SMILES string of the molecule is CCc1cc(CC(NN)c2ccccc2Br)n(CC)n1. The largest absolute Gasteiger partial charge is 0.271 e. The van der Waals surface area contributed by atoms with E-state index < -0.39 is 0 Å². The summed E-state index contributed by atoms with van der Waals surface area (Å²) in [6, 6.07) is 10.4. The second-order valence-corrected chi connectivity index (χ2v) is 5.60. The number of halogens is 1. The Labute approximate surface area is 128 Å². The van der Waals surface area contributed by atoms with E-state index in [1.807, 2.05) is 18.2 Å². The number of nitrogens with two attached hydrogens (primary N) is 1. The number of hydrazine groups is 1. The predicted molar refractivity (Wildman–Crippen MR) is 85.2 cm³/mol. The summed E-state index contributed by atoms with van der Waals surface area (Å²) in [5.74, 6) is 5.75. The van der Waals surface area contributed by atoms with Crippen molar-refractivity contribution in [3.05, 3.63) is 51.8 Å². The molecule has 0 saturated carbocycles. The van der Waals surface area contributed by atoms with E-state index in [0.29, 0.717) is 0 Å². The summed E-state index contributed by atoms with van der Waals surface area (Å²) >= 11 is 3.59. The normalized spacial score (nSPS) is 12.6. The summed E-state index contributed by atoms with van der Waals surface area (Å²) in [6.45, 7) is 5.11. The predicted octanol–water partition coefficient (Wildman–Crippen LogP) is 2.98. The molecule has 0 fully saturated rings. The quantitative estimate of drug-likeness (QED) is 0.629. The van der Waals surface area contributed by atoms with E-state index in [1.54, 1.807) is 0 Å². The molecule has 1 heterocycles. The highest BCUT2D eigenvalue weighted by atomic mass is 79.9. The highest BCUT2D eigenvalue weighted by molar-refractivity contribution is 9.10. The third-order valence-corrected chi connectivity index (χ3v) is 4.19. The fourth-order valence-electron chi connectivity index (χ4n) is 2.35. The van der Waals surface area contributed by atoms with Crippen LogP contribution in [0.15, 0.2) is 34.8 Å². The summed E-state index contributed by atoms with van der Waals surface area (Å²) in [5, 5.41) is 4.59. The van der Waals surface area contributed by atoms with E-state index in [9.17, 15) is 0 Å². The van der Waals surface area contributed by atoms with E-state index in [1.165, 1.54) is 5.69 Å². The number of hydrogen-bond donors (Lipinski definition) is 2. The minimum atomic E-state index is 0.0669. The lowest BCUT2D eigenvalue weighted by Crippen LogP contribution is -2.30. The van der Waals surface area contributed by atoms with Crippen molar-refractivity contribution < 1.29 is 0 Å². The number of aromatic nitrogens is 2. The molecule has 0 aliphatic heterocycles. The zero-order valence-corrected chi connectivity index (χ0v) is 13.5. The summed E-state index contributed by atoms with van der Waals surface area (Å²) in [5.41, 5.74) is 6.42. The van der Waals surface area contributed by atoms with Crippen LogP contribution in [0.25, 0.3) is 0 Å². The molecule has 1 aromatic carbocycles. The van der Waals surface area contributed by atoms with Gasteiger partial charge in [-0.1, -0.05) is 41.1 Å². The second-order valence-electron chi connectivity index (χ2n) is 4.74. The molecule has 2 rings (SSSR count). The Balaban J connectivity index is 2.26. The zero-order chi connectivity index (χ0) is 14.5. The van der Waals surface area contributed by atoms with Crippen molar-refractivity contribution in [2.24, 2.45) is 5.84 Å². The maximum Gasteiger partial charge on any atom is 0.0624 e. The average molecular weight is 337 g/mol. The van der Waals surface area contributed by atoms with Crippen LogP contribution in [0.2, 0.25) is 0 Å². The summed E-state index contributed by atoms with van der Waals surface area (Å²) < 4.78 is 3.13. The van der Waals surface area contributed by atoms with Gasteiger partial charge in [0.25, 0.3) is 0 Å². The first-order chi connectivity index (χ1) is 9.69. The molecule has 0 radical (unpaired) electrons. The third kappa shape index (κ3) is 3.29. The lowest BCUT2D eigenvalue weighted by atomic mass is 10.0. The van der Waals surface area contributed by atoms with Crippen molar-refractivity contribution in [2.45, 2.75) is 39.3 Å². The van der Waals surface area contributed by atoms with Crippen molar-refractivity contribution in [3.8, 4) is 0 Å². The summed E-state index contributed by atoms with van der Waals surface area (Å²) in [7, 11) is 0. The van der Waals surface area contributed by atoms with E-state index >= 15 is 0 Å². The number of aryl methyl sites for hydroxylation is 2. The summed E-state index contributed by atoms with van der Waals surface area (Å²) in [6.07, 6.45) is 1.77. The van der Waals surface area contributed by atoms with Gasteiger partial charge in [-0.3, -0.25) is 16.0 Å². The molecule has 4 nitrogen and oxygen atoms in total.